The van der Waals surface area contributed by atoms with Crippen LogP contribution < -0.4 is 0 Å². The van der Waals surface area contributed by atoms with Crippen LogP contribution in [0.2, 0.25) is 0 Å². The lowest BCUT2D eigenvalue weighted by molar-refractivity contribution is -0.115. The second-order valence-corrected chi connectivity index (χ2v) is 3.90. The van der Waals surface area contributed by atoms with E-state index in [-0.39, 0.29) is 5.60 Å². The highest BCUT2D eigenvalue weighted by atomic mass is 16.5. The topological polar surface area (TPSA) is 26.3 Å². The minimum Gasteiger partial charge on any atom is -0.375 e. The van der Waals surface area contributed by atoms with E-state index >= 15 is 0 Å². The molecular formula is C10H18O2. The molecule has 0 aliphatic heterocycles. The molecule has 1 fully saturated rings. The minimum atomic E-state index is -0.183. The van der Waals surface area contributed by atoms with Crippen LogP contribution in [0.5, 0.6) is 0 Å². The predicted octanol–water partition coefficient (Wildman–Crippen LogP) is 2.17. The molecule has 1 rings (SSSR count). The fraction of sp³-hybridized carbons (Fsp3) is 0.900. The van der Waals surface area contributed by atoms with Gasteiger partial charge in [-0.1, -0.05) is 12.8 Å². The van der Waals surface area contributed by atoms with Gasteiger partial charge in [0.25, 0.3) is 0 Å². The average molecular weight is 170 g/mol. The smallest absolute Gasteiger partial charge is 0.122 e. The summed E-state index contributed by atoms with van der Waals surface area (Å²) in [6.45, 7) is 4.73. The SMILES string of the molecule is CCOC(C)(CC=O)CC1CC1. The second-order valence-electron chi connectivity index (χ2n) is 3.90. The van der Waals surface area contributed by atoms with Gasteiger partial charge in [0.15, 0.2) is 0 Å². The zero-order chi connectivity index (χ0) is 9.03. The quantitative estimate of drug-likeness (QED) is 0.571. The van der Waals surface area contributed by atoms with E-state index in [0.29, 0.717) is 13.0 Å². The van der Waals surface area contributed by atoms with E-state index in [1.54, 1.807) is 0 Å². The zero-order valence-corrected chi connectivity index (χ0v) is 8.01. The summed E-state index contributed by atoms with van der Waals surface area (Å²) in [7, 11) is 0. The molecule has 1 aliphatic carbocycles. The van der Waals surface area contributed by atoms with Crippen LogP contribution in [0, 0.1) is 5.92 Å². The van der Waals surface area contributed by atoms with Gasteiger partial charge in [-0.2, -0.15) is 0 Å². The number of ether oxygens (including phenoxy) is 1. The monoisotopic (exact) mass is 170 g/mol. The van der Waals surface area contributed by atoms with Crippen molar-refractivity contribution >= 4 is 6.29 Å². The summed E-state index contributed by atoms with van der Waals surface area (Å²) < 4.78 is 5.59. The van der Waals surface area contributed by atoms with Crippen LogP contribution in [0.1, 0.15) is 39.5 Å². The molecule has 1 aliphatic rings. The molecule has 1 atom stereocenters. The molecular weight excluding hydrogens is 152 g/mol. The van der Waals surface area contributed by atoms with Crippen molar-refractivity contribution in [1.29, 1.82) is 0 Å². The summed E-state index contributed by atoms with van der Waals surface area (Å²) in [6.07, 6.45) is 5.21. The van der Waals surface area contributed by atoms with Crippen molar-refractivity contribution < 1.29 is 9.53 Å². The molecule has 1 unspecified atom stereocenters. The molecule has 0 amide bonds. The van der Waals surface area contributed by atoms with E-state index in [1.807, 2.05) is 13.8 Å². The van der Waals surface area contributed by atoms with E-state index in [4.69, 9.17) is 4.74 Å². The Bertz CT molecular complexity index is 152. The molecule has 2 nitrogen and oxygen atoms in total. The van der Waals surface area contributed by atoms with Gasteiger partial charge in [0.1, 0.15) is 6.29 Å². The zero-order valence-electron chi connectivity index (χ0n) is 8.01. The number of hydrogen-bond donors (Lipinski definition) is 0. The molecule has 0 N–H and O–H groups in total. The van der Waals surface area contributed by atoms with Crippen molar-refractivity contribution in [3.05, 3.63) is 0 Å². The highest BCUT2D eigenvalue weighted by Gasteiger charge is 2.33. The molecule has 70 valence electrons. The molecule has 1 saturated carbocycles. The lowest BCUT2D eigenvalue weighted by Crippen LogP contribution is -2.30. The molecule has 0 heterocycles. The Morgan fingerprint density at radius 1 is 1.58 bits per heavy atom. The van der Waals surface area contributed by atoms with Gasteiger partial charge < -0.3 is 9.53 Å². The van der Waals surface area contributed by atoms with Crippen molar-refractivity contribution in [2.24, 2.45) is 5.92 Å². The summed E-state index contributed by atoms with van der Waals surface area (Å²) in [6, 6.07) is 0. The summed E-state index contributed by atoms with van der Waals surface area (Å²) in [5, 5.41) is 0. The lowest BCUT2D eigenvalue weighted by Gasteiger charge is -2.27. The first-order valence-corrected chi connectivity index (χ1v) is 4.78. The van der Waals surface area contributed by atoms with Crippen LogP contribution in [0.3, 0.4) is 0 Å². The summed E-state index contributed by atoms with van der Waals surface area (Å²) >= 11 is 0. The van der Waals surface area contributed by atoms with Crippen molar-refractivity contribution in [2.45, 2.75) is 45.1 Å². The third-order valence-corrected chi connectivity index (χ3v) is 2.43. The van der Waals surface area contributed by atoms with Gasteiger partial charge in [0.2, 0.25) is 0 Å². The molecule has 12 heavy (non-hydrogen) atoms. The highest BCUT2D eigenvalue weighted by molar-refractivity contribution is 5.51. The van der Waals surface area contributed by atoms with Gasteiger partial charge in [-0.3, -0.25) is 0 Å². The Morgan fingerprint density at radius 3 is 2.67 bits per heavy atom. The van der Waals surface area contributed by atoms with Crippen molar-refractivity contribution in [2.75, 3.05) is 6.61 Å². The molecule has 0 aromatic rings. The van der Waals surface area contributed by atoms with E-state index in [0.717, 1.165) is 18.6 Å². The Hall–Kier alpha value is -0.370. The Kier molecular flexibility index (Phi) is 3.27. The standard InChI is InChI=1S/C10H18O2/c1-3-12-10(2,6-7-11)8-9-4-5-9/h7,9H,3-6,8H2,1-2H3. The number of carbonyl (C=O) groups excluding carboxylic acids is 1. The van der Waals surface area contributed by atoms with Gasteiger partial charge in [-0.25, -0.2) is 0 Å². The molecule has 0 aromatic carbocycles. The van der Waals surface area contributed by atoms with E-state index in [2.05, 4.69) is 0 Å². The van der Waals surface area contributed by atoms with E-state index in [1.165, 1.54) is 12.8 Å². The first kappa shape index (κ1) is 9.72. The third kappa shape index (κ3) is 2.94. The fourth-order valence-electron chi connectivity index (χ4n) is 1.66. The Labute approximate surface area is 74.3 Å². The largest absolute Gasteiger partial charge is 0.375 e. The fourth-order valence-corrected chi connectivity index (χ4v) is 1.66. The second kappa shape index (κ2) is 4.04. The van der Waals surface area contributed by atoms with Crippen molar-refractivity contribution in [1.82, 2.24) is 0 Å². The summed E-state index contributed by atoms with van der Waals surface area (Å²) in [5.41, 5.74) is -0.183. The molecule has 0 spiro atoms. The minimum absolute atomic E-state index is 0.183. The van der Waals surface area contributed by atoms with Crippen LogP contribution in [0.25, 0.3) is 0 Å². The first-order chi connectivity index (χ1) is 5.70. The van der Waals surface area contributed by atoms with Crippen LogP contribution >= 0.6 is 0 Å². The van der Waals surface area contributed by atoms with Crippen LogP contribution in [-0.2, 0) is 9.53 Å². The Morgan fingerprint density at radius 2 is 2.25 bits per heavy atom. The van der Waals surface area contributed by atoms with Gasteiger partial charge in [0.05, 0.1) is 5.60 Å². The summed E-state index contributed by atoms with van der Waals surface area (Å²) in [5.74, 6) is 0.821. The molecule has 0 bridgehead atoms. The number of aldehydes is 1. The molecule has 0 saturated heterocycles. The normalized spacial score (nSPS) is 21.8. The molecule has 2 heteroatoms. The molecule has 0 aromatic heterocycles. The first-order valence-electron chi connectivity index (χ1n) is 4.78. The average Bonchev–Trinajstić information content (AvgIpc) is 2.72. The number of carbonyl (C=O) groups is 1. The van der Waals surface area contributed by atoms with Gasteiger partial charge in [-0.05, 0) is 26.2 Å². The predicted molar refractivity (Wildman–Crippen MR) is 48.1 cm³/mol. The van der Waals surface area contributed by atoms with Gasteiger partial charge >= 0.3 is 0 Å². The highest BCUT2D eigenvalue weighted by Crippen LogP contribution is 2.38. The van der Waals surface area contributed by atoms with Crippen LogP contribution in [-0.4, -0.2) is 18.5 Å². The maximum absolute atomic E-state index is 10.4. The van der Waals surface area contributed by atoms with E-state index in [9.17, 15) is 4.79 Å². The lowest BCUT2D eigenvalue weighted by atomic mass is 9.95. The van der Waals surface area contributed by atoms with Crippen molar-refractivity contribution in [3.8, 4) is 0 Å². The number of rotatable bonds is 6. The maximum Gasteiger partial charge on any atom is 0.122 e. The third-order valence-electron chi connectivity index (χ3n) is 2.43. The molecule has 0 radical (unpaired) electrons. The Balaban J connectivity index is 2.37. The van der Waals surface area contributed by atoms with Gasteiger partial charge in [-0.15, -0.1) is 0 Å². The van der Waals surface area contributed by atoms with Gasteiger partial charge in [0, 0.05) is 13.0 Å². The number of hydrogen-bond acceptors (Lipinski definition) is 2. The van der Waals surface area contributed by atoms with E-state index < -0.39 is 0 Å². The van der Waals surface area contributed by atoms with Crippen molar-refractivity contribution in [3.63, 3.8) is 0 Å². The van der Waals surface area contributed by atoms with Crippen LogP contribution in [0.4, 0.5) is 0 Å². The van der Waals surface area contributed by atoms with Crippen LogP contribution in [0.15, 0.2) is 0 Å². The maximum atomic E-state index is 10.4. The summed E-state index contributed by atoms with van der Waals surface area (Å²) in [4.78, 5) is 10.4.